The van der Waals surface area contributed by atoms with Crippen LogP contribution in [-0.2, 0) is 14.3 Å². The van der Waals surface area contributed by atoms with Gasteiger partial charge in [-0.05, 0) is 44.2 Å². The summed E-state index contributed by atoms with van der Waals surface area (Å²) in [7, 11) is 0. The quantitative estimate of drug-likeness (QED) is 0.504. The number of ether oxygens (including phenoxy) is 1. The largest absolute Gasteiger partial charge is 0.451 e. The van der Waals surface area contributed by atoms with Crippen LogP contribution in [0.4, 0.5) is 0 Å². The van der Waals surface area contributed by atoms with Gasteiger partial charge in [-0.25, -0.2) is 4.79 Å². The first kappa shape index (κ1) is 24.1. The number of nitrogens with zero attached hydrogens (tertiary/aromatic N) is 2. The maximum absolute atomic E-state index is 13.0. The fraction of sp³-hybridized carbons (Fsp3) is 0.522. The summed E-state index contributed by atoms with van der Waals surface area (Å²) in [5, 5.41) is 12.0. The van der Waals surface area contributed by atoms with Crippen molar-refractivity contribution in [3.63, 3.8) is 0 Å². The molecule has 2 rings (SSSR count). The number of esters is 1. The monoisotopic (exact) mass is 427 g/mol. The lowest BCUT2D eigenvalue weighted by molar-refractivity contribution is -0.159. The molecule has 8 nitrogen and oxygen atoms in total. The molecule has 0 unspecified atom stereocenters. The van der Waals surface area contributed by atoms with Gasteiger partial charge in [0.1, 0.15) is 11.6 Å². The first-order valence-corrected chi connectivity index (χ1v) is 10.3. The first-order chi connectivity index (χ1) is 14.4. The molecule has 0 saturated heterocycles. The number of carbonyl (C=O) groups excluding carboxylic acids is 4. The summed E-state index contributed by atoms with van der Waals surface area (Å²) in [4.78, 5) is 52.1. The van der Waals surface area contributed by atoms with Crippen molar-refractivity contribution in [2.24, 2.45) is 11.8 Å². The van der Waals surface area contributed by atoms with Crippen LogP contribution < -0.4 is 5.32 Å². The SMILES string of the molecule is CC(C)C[C@H](C(=O)O[C@H](C)C(=O)N[C@@](C)(C#N)C(C)C)N1C(=O)c2ccccc2C1=O. The van der Waals surface area contributed by atoms with Gasteiger partial charge in [-0.15, -0.1) is 0 Å². The number of fused-ring (bicyclic) bond motifs is 1. The predicted molar refractivity (Wildman–Crippen MR) is 113 cm³/mol. The van der Waals surface area contributed by atoms with Gasteiger partial charge in [0.15, 0.2) is 6.10 Å². The Morgan fingerprint density at radius 3 is 2.03 bits per heavy atom. The van der Waals surface area contributed by atoms with Gasteiger partial charge in [0.2, 0.25) is 0 Å². The molecule has 3 atom stereocenters. The van der Waals surface area contributed by atoms with Crippen molar-refractivity contribution >= 4 is 23.7 Å². The number of nitrogens with one attached hydrogen (secondary N) is 1. The molecule has 1 N–H and O–H groups in total. The lowest BCUT2D eigenvalue weighted by Gasteiger charge is -2.30. The summed E-state index contributed by atoms with van der Waals surface area (Å²) >= 11 is 0. The highest BCUT2D eigenvalue weighted by Crippen LogP contribution is 2.27. The number of carbonyl (C=O) groups is 4. The Hall–Kier alpha value is -3.21. The van der Waals surface area contributed by atoms with E-state index in [9.17, 15) is 24.4 Å². The molecule has 0 fully saturated rings. The molecule has 0 aliphatic carbocycles. The third-order valence-corrected chi connectivity index (χ3v) is 5.54. The Labute approximate surface area is 182 Å². The van der Waals surface area contributed by atoms with Gasteiger partial charge in [-0.2, -0.15) is 5.26 Å². The third-order valence-electron chi connectivity index (χ3n) is 5.54. The summed E-state index contributed by atoms with van der Waals surface area (Å²) in [5.41, 5.74) is -0.652. The minimum atomic E-state index is -1.20. The lowest BCUT2D eigenvalue weighted by atomic mass is 9.90. The van der Waals surface area contributed by atoms with Gasteiger partial charge in [-0.3, -0.25) is 19.3 Å². The van der Waals surface area contributed by atoms with E-state index >= 15 is 0 Å². The van der Waals surface area contributed by atoms with Crippen LogP contribution in [-0.4, -0.2) is 46.3 Å². The van der Waals surface area contributed by atoms with E-state index in [1.807, 2.05) is 13.8 Å². The van der Waals surface area contributed by atoms with Gasteiger partial charge in [-0.1, -0.05) is 39.8 Å². The van der Waals surface area contributed by atoms with Crippen molar-refractivity contribution in [3.8, 4) is 6.07 Å². The zero-order chi connectivity index (χ0) is 23.5. The van der Waals surface area contributed by atoms with Gasteiger partial charge >= 0.3 is 5.97 Å². The number of hydrogen-bond donors (Lipinski definition) is 1. The summed E-state index contributed by atoms with van der Waals surface area (Å²) < 4.78 is 5.35. The van der Waals surface area contributed by atoms with Gasteiger partial charge < -0.3 is 10.1 Å². The fourth-order valence-corrected chi connectivity index (χ4v) is 3.21. The molecule has 0 saturated carbocycles. The summed E-state index contributed by atoms with van der Waals surface area (Å²) in [6, 6.07) is 7.28. The second-order valence-corrected chi connectivity index (χ2v) is 8.71. The highest BCUT2D eigenvalue weighted by molar-refractivity contribution is 6.22. The molecule has 1 aliphatic heterocycles. The van der Waals surface area contributed by atoms with E-state index in [0.29, 0.717) is 0 Å². The molecule has 1 aliphatic rings. The van der Waals surface area contributed by atoms with Gasteiger partial charge in [0.25, 0.3) is 17.7 Å². The van der Waals surface area contributed by atoms with Crippen molar-refractivity contribution < 1.29 is 23.9 Å². The molecule has 1 heterocycles. The van der Waals surface area contributed by atoms with E-state index in [-0.39, 0.29) is 29.4 Å². The standard InChI is InChI=1S/C23H29N3O5/c1-13(2)11-18(26-20(28)16-9-7-8-10-17(16)21(26)29)22(30)31-15(5)19(27)25-23(6,12-24)14(3)4/h7-10,13-15,18H,11H2,1-6H3,(H,25,27)/t15-,18-,23+/m1/s1. The maximum Gasteiger partial charge on any atom is 0.330 e. The van der Waals surface area contributed by atoms with Crippen LogP contribution in [0.1, 0.15) is 68.7 Å². The van der Waals surface area contributed by atoms with Crippen molar-refractivity contribution in [2.75, 3.05) is 0 Å². The minimum Gasteiger partial charge on any atom is -0.451 e. The van der Waals surface area contributed by atoms with Crippen LogP contribution in [0, 0.1) is 23.2 Å². The maximum atomic E-state index is 13.0. The van der Waals surface area contributed by atoms with E-state index in [1.165, 1.54) is 19.1 Å². The van der Waals surface area contributed by atoms with Crippen molar-refractivity contribution in [1.82, 2.24) is 10.2 Å². The van der Waals surface area contributed by atoms with Crippen LogP contribution in [0.15, 0.2) is 24.3 Å². The molecule has 3 amide bonds. The highest BCUT2D eigenvalue weighted by Gasteiger charge is 2.44. The Balaban J connectivity index is 2.21. The second kappa shape index (κ2) is 9.29. The third kappa shape index (κ3) is 4.93. The topological polar surface area (TPSA) is 117 Å². The normalized spacial score (nSPS) is 17.1. The van der Waals surface area contributed by atoms with E-state index < -0.39 is 41.4 Å². The molecular formula is C23H29N3O5. The molecule has 0 spiro atoms. The Morgan fingerprint density at radius 1 is 1.10 bits per heavy atom. The summed E-state index contributed by atoms with van der Waals surface area (Å²) in [5.74, 6) is -2.77. The Bertz CT molecular complexity index is 898. The zero-order valence-electron chi connectivity index (χ0n) is 18.8. The van der Waals surface area contributed by atoms with Crippen LogP contribution in [0.3, 0.4) is 0 Å². The molecule has 1 aromatic rings. The number of nitriles is 1. The highest BCUT2D eigenvalue weighted by atomic mass is 16.5. The number of rotatable bonds is 8. The molecule has 0 radical (unpaired) electrons. The van der Waals surface area contributed by atoms with Crippen LogP contribution in [0.2, 0.25) is 0 Å². The van der Waals surface area contributed by atoms with E-state index in [2.05, 4.69) is 11.4 Å². The molecule has 31 heavy (non-hydrogen) atoms. The number of imide groups is 1. The molecule has 166 valence electrons. The van der Waals surface area contributed by atoms with Crippen molar-refractivity contribution in [3.05, 3.63) is 35.4 Å². The smallest absolute Gasteiger partial charge is 0.330 e. The van der Waals surface area contributed by atoms with Gasteiger partial charge in [0.05, 0.1) is 17.2 Å². The molecular weight excluding hydrogens is 398 g/mol. The average molecular weight is 428 g/mol. The summed E-state index contributed by atoms with van der Waals surface area (Å²) in [6.45, 7) is 10.3. The summed E-state index contributed by atoms with van der Waals surface area (Å²) in [6.07, 6.45) is -1.01. The molecule has 0 bridgehead atoms. The van der Waals surface area contributed by atoms with Gasteiger partial charge in [0, 0.05) is 0 Å². The second-order valence-electron chi connectivity index (χ2n) is 8.71. The van der Waals surface area contributed by atoms with Crippen molar-refractivity contribution in [1.29, 1.82) is 5.26 Å². The fourth-order valence-electron chi connectivity index (χ4n) is 3.21. The minimum absolute atomic E-state index is 0.0196. The van der Waals surface area contributed by atoms with Crippen LogP contribution in [0.25, 0.3) is 0 Å². The van der Waals surface area contributed by atoms with E-state index in [0.717, 1.165) is 4.90 Å². The molecule has 1 aromatic carbocycles. The van der Waals surface area contributed by atoms with E-state index in [1.54, 1.807) is 32.9 Å². The molecule has 0 aromatic heterocycles. The van der Waals surface area contributed by atoms with Crippen molar-refractivity contribution in [2.45, 2.75) is 65.6 Å². The van der Waals surface area contributed by atoms with Crippen LogP contribution >= 0.6 is 0 Å². The number of hydrogen-bond acceptors (Lipinski definition) is 6. The predicted octanol–water partition coefficient (Wildman–Crippen LogP) is 2.68. The number of amides is 3. The van der Waals surface area contributed by atoms with Crippen LogP contribution in [0.5, 0.6) is 0 Å². The van der Waals surface area contributed by atoms with E-state index in [4.69, 9.17) is 4.74 Å². The first-order valence-electron chi connectivity index (χ1n) is 10.3. The number of benzene rings is 1. The Kier molecular flexibility index (Phi) is 7.21. The lowest BCUT2D eigenvalue weighted by Crippen LogP contribution is -2.53. The Morgan fingerprint density at radius 2 is 1.61 bits per heavy atom. The molecule has 8 heteroatoms. The average Bonchev–Trinajstić information content (AvgIpc) is 2.96. The zero-order valence-corrected chi connectivity index (χ0v) is 18.8.